The molecule has 0 spiro atoms. The van der Waals surface area contributed by atoms with Crippen molar-refractivity contribution in [2.75, 3.05) is 0 Å². The van der Waals surface area contributed by atoms with Crippen molar-refractivity contribution >= 4 is 31.9 Å². The van der Waals surface area contributed by atoms with Gasteiger partial charge in [-0.15, -0.1) is 0 Å². The quantitative estimate of drug-likeness (QED) is 0.424. The first kappa shape index (κ1) is 25.1. The first-order valence-electron chi connectivity index (χ1n) is 10.8. The molecule has 0 heterocycles. The van der Waals surface area contributed by atoms with E-state index in [1.54, 1.807) is 12.1 Å². The first-order valence-corrected chi connectivity index (χ1v) is 13.0. The lowest BCUT2D eigenvalue weighted by molar-refractivity contribution is -0.123. The molecule has 0 aliphatic heterocycles. The molecule has 33 heavy (non-hydrogen) atoms. The highest BCUT2D eigenvalue weighted by molar-refractivity contribution is 9.10. The van der Waals surface area contributed by atoms with Gasteiger partial charge in [-0.1, -0.05) is 58.4 Å². The number of halogens is 1. The van der Waals surface area contributed by atoms with Crippen molar-refractivity contribution in [3.63, 3.8) is 0 Å². The van der Waals surface area contributed by atoms with Crippen molar-refractivity contribution in [3.8, 4) is 0 Å². The molecular weight excluding hydrogens is 500 g/mol. The number of hydrogen-bond donors (Lipinski definition) is 2. The lowest BCUT2D eigenvalue weighted by Gasteiger charge is -2.23. The Labute approximate surface area is 204 Å². The van der Waals surface area contributed by atoms with Crippen molar-refractivity contribution in [1.82, 2.24) is 10.0 Å². The van der Waals surface area contributed by atoms with Gasteiger partial charge in [0.15, 0.2) is 0 Å². The SMILES string of the molecule is Cc1cc(C)c(C(C)NC(=O)C(Cc2ccccc2)NS(=O)(=O)c2ccc(Br)cc2)cc1C. The number of rotatable bonds is 8. The fourth-order valence-corrected chi connectivity index (χ4v) is 5.21. The van der Waals surface area contributed by atoms with Crippen molar-refractivity contribution in [2.24, 2.45) is 0 Å². The Bertz CT molecular complexity index is 1230. The van der Waals surface area contributed by atoms with E-state index in [-0.39, 0.29) is 23.3 Å². The molecule has 7 heteroatoms. The Balaban J connectivity index is 1.86. The van der Waals surface area contributed by atoms with Crippen molar-refractivity contribution in [2.45, 2.75) is 51.1 Å². The van der Waals surface area contributed by atoms with Crippen LogP contribution in [0.15, 0.2) is 76.1 Å². The number of aryl methyl sites for hydroxylation is 3. The van der Waals surface area contributed by atoms with Gasteiger partial charge >= 0.3 is 0 Å². The maximum absolute atomic E-state index is 13.3. The average molecular weight is 530 g/mol. The van der Waals surface area contributed by atoms with Gasteiger partial charge in [-0.3, -0.25) is 4.79 Å². The van der Waals surface area contributed by atoms with Crippen LogP contribution in [0.5, 0.6) is 0 Å². The summed E-state index contributed by atoms with van der Waals surface area (Å²) >= 11 is 3.32. The third-order valence-corrected chi connectivity index (χ3v) is 7.74. The normalized spacial score (nSPS) is 13.4. The summed E-state index contributed by atoms with van der Waals surface area (Å²) in [7, 11) is -3.89. The van der Waals surface area contributed by atoms with Gasteiger partial charge in [-0.2, -0.15) is 4.72 Å². The standard InChI is InChI=1S/C26H29BrN2O3S/c1-17-14-19(3)24(15-18(17)2)20(4)28-26(30)25(16-21-8-6-5-7-9-21)29-33(31,32)23-12-10-22(27)11-13-23/h5-15,20,25,29H,16H2,1-4H3,(H,28,30). The summed E-state index contributed by atoms with van der Waals surface area (Å²) < 4.78 is 29.5. The van der Waals surface area contributed by atoms with E-state index in [9.17, 15) is 13.2 Å². The smallest absolute Gasteiger partial charge is 0.241 e. The highest BCUT2D eigenvalue weighted by atomic mass is 79.9. The molecule has 2 atom stereocenters. The third kappa shape index (κ3) is 6.53. The summed E-state index contributed by atoms with van der Waals surface area (Å²) in [5, 5.41) is 3.01. The van der Waals surface area contributed by atoms with E-state index in [2.05, 4.69) is 45.0 Å². The predicted octanol–water partition coefficient (Wildman–Crippen LogP) is 5.14. The molecule has 0 aromatic heterocycles. The van der Waals surface area contributed by atoms with Gasteiger partial charge < -0.3 is 5.32 Å². The fourth-order valence-electron chi connectivity index (χ4n) is 3.75. The molecule has 0 radical (unpaired) electrons. The Morgan fingerprint density at radius 3 is 2.15 bits per heavy atom. The molecule has 0 aliphatic carbocycles. The lowest BCUT2D eigenvalue weighted by atomic mass is 9.96. The molecule has 0 saturated carbocycles. The summed E-state index contributed by atoms with van der Waals surface area (Å²) in [5.74, 6) is -0.371. The minimum Gasteiger partial charge on any atom is -0.348 e. The van der Waals surface area contributed by atoms with Gasteiger partial charge in [-0.05, 0) is 86.2 Å². The molecule has 5 nitrogen and oxygen atoms in total. The minimum absolute atomic E-state index is 0.106. The van der Waals surface area contributed by atoms with Gasteiger partial charge in [0.05, 0.1) is 10.9 Å². The minimum atomic E-state index is -3.89. The molecule has 3 aromatic carbocycles. The molecular formula is C26H29BrN2O3S. The molecule has 0 saturated heterocycles. The average Bonchev–Trinajstić information content (AvgIpc) is 2.76. The van der Waals surface area contributed by atoms with Crippen LogP contribution in [0, 0.1) is 20.8 Å². The highest BCUT2D eigenvalue weighted by Gasteiger charge is 2.27. The zero-order valence-corrected chi connectivity index (χ0v) is 21.6. The van der Waals surface area contributed by atoms with Crippen LogP contribution in [0.3, 0.4) is 0 Å². The zero-order chi connectivity index (χ0) is 24.2. The monoisotopic (exact) mass is 528 g/mol. The molecule has 0 bridgehead atoms. The van der Waals surface area contributed by atoms with Crippen molar-refractivity contribution in [3.05, 3.63) is 99.0 Å². The second-order valence-corrected chi connectivity index (χ2v) is 11.0. The van der Waals surface area contributed by atoms with Crippen molar-refractivity contribution < 1.29 is 13.2 Å². The Morgan fingerprint density at radius 1 is 0.909 bits per heavy atom. The van der Waals surface area contributed by atoms with E-state index < -0.39 is 16.1 Å². The van der Waals surface area contributed by atoms with Crippen LogP contribution >= 0.6 is 15.9 Å². The number of sulfonamides is 1. The molecule has 3 aromatic rings. The van der Waals surface area contributed by atoms with Crippen LogP contribution in [0.1, 0.15) is 40.8 Å². The van der Waals surface area contributed by atoms with Crippen LogP contribution in [0.25, 0.3) is 0 Å². The molecule has 1 amide bonds. The first-order chi connectivity index (χ1) is 15.6. The van der Waals surface area contributed by atoms with Crippen LogP contribution in [-0.4, -0.2) is 20.4 Å². The zero-order valence-electron chi connectivity index (χ0n) is 19.2. The predicted molar refractivity (Wildman–Crippen MR) is 136 cm³/mol. The van der Waals surface area contributed by atoms with Crippen LogP contribution in [-0.2, 0) is 21.2 Å². The van der Waals surface area contributed by atoms with Gasteiger partial charge in [0.1, 0.15) is 6.04 Å². The topological polar surface area (TPSA) is 75.3 Å². The Kier molecular flexibility index (Phi) is 8.10. The number of carbonyl (C=O) groups excluding carboxylic acids is 1. The van der Waals surface area contributed by atoms with E-state index in [0.29, 0.717) is 0 Å². The van der Waals surface area contributed by atoms with Crippen LogP contribution in [0.4, 0.5) is 0 Å². The Hall–Kier alpha value is -2.48. The lowest BCUT2D eigenvalue weighted by Crippen LogP contribution is -2.48. The number of benzene rings is 3. The van der Waals surface area contributed by atoms with E-state index in [4.69, 9.17) is 0 Å². The molecule has 174 valence electrons. The third-order valence-electron chi connectivity index (χ3n) is 5.73. The van der Waals surface area contributed by atoms with Gasteiger partial charge in [0.2, 0.25) is 15.9 Å². The summed E-state index contributed by atoms with van der Waals surface area (Å²) in [4.78, 5) is 13.4. The number of amides is 1. The van der Waals surface area contributed by atoms with Gasteiger partial charge in [0, 0.05) is 4.47 Å². The van der Waals surface area contributed by atoms with Gasteiger partial charge in [0.25, 0.3) is 0 Å². The van der Waals surface area contributed by atoms with E-state index in [1.165, 1.54) is 17.7 Å². The second kappa shape index (κ2) is 10.6. The van der Waals surface area contributed by atoms with Gasteiger partial charge in [-0.25, -0.2) is 8.42 Å². The number of nitrogens with one attached hydrogen (secondary N) is 2. The molecule has 3 rings (SSSR count). The molecule has 2 N–H and O–H groups in total. The van der Waals surface area contributed by atoms with Crippen molar-refractivity contribution in [1.29, 1.82) is 0 Å². The Morgan fingerprint density at radius 2 is 1.52 bits per heavy atom. The maximum atomic E-state index is 13.3. The number of carbonyl (C=O) groups is 1. The summed E-state index contributed by atoms with van der Waals surface area (Å²) in [6, 6.07) is 18.7. The maximum Gasteiger partial charge on any atom is 0.241 e. The van der Waals surface area contributed by atoms with Crippen LogP contribution < -0.4 is 10.0 Å². The summed E-state index contributed by atoms with van der Waals surface area (Å²) in [6.45, 7) is 8.03. The summed E-state index contributed by atoms with van der Waals surface area (Å²) in [6.07, 6.45) is 0.237. The molecule has 2 unspecified atom stereocenters. The molecule has 0 fully saturated rings. The highest BCUT2D eigenvalue weighted by Crippen LogP contribution is 2.22. The van der Waals surface area contributed by atoms with E-state index >= 15 is 0 Å². The van der Waals surface area contributed by atoms with E-state index in [0.717, 1.165) is 26.7 Å². The molecule has 0 aliphatic rings. The fraction of sp³-hybridized carbons (Fsp3) is 0.269. The largest absolute Gasteiger partial charge is 0.348 e. The second-order valence-electron chi connectivity index (χ2n) is 8.34. The number of hydrogen-bond acceptors (Lipinski definition) is 3. The van der Waals surface area contributed by atoms with E-state index in [1.807, 2.05) is 51.1 Å². The summed E-state index contributed by atoms with van der Waals surface area (Å²) in [5.41, 5.74) is 5.31. The van der Waals surface area contributed by atoms with Crippen LogP contribution in [0.2, 0.25) is 0 Å².